The number of nitrogens with zero attached hydrogens (tertiary/aromatic N) is 1. The second kappa shape index (κ2) is 13.3. The van der Waals surface area contributed by atoms with Crippen LogP contribution in [-0.4, -0.2) is 68.9 Å². The highest BCUT2D eigenvalue weighted by Gasteiger charge is 2.23. The summed E-state index contributed by atoms with van der Waals surface area (Å²) in [5, 5.41) is 0. The Hall–Kier alpha value is -2.12. The molecule has 136 valence electrons. The van der Waals surface area contributed by atoms with Gasteiger partial charge in [0.05, 0.1) is 7.05 Å². The lowest BCUT2D eigenvalue weighted by Crippen LogP contribution is -3.00. The Balaban J connectivity index is 0. The van der Waals surface area contributed by atoms with Gasteiger partial charge in [0.15, 0.2) is 0 Å². The molecule has 0 aromatic rings. The first-order valence-electron chi connectivity index (χ1n) is 7.08. The minimum absolute atomic E-state index is 0. The van der Waals surface area contributed by atoms with Crippen LogP contribution in [-0.2, 0) is 28.6 Å². The third-order valence-corrected chi connectivity index (χ3v) is 3.13. The molecule has 8 heteroatoms. The number of rotatable bonds is 12. The minimum Gasteiger partial charge on any atom is -1.00 e. The Morgan fingerprint density at radius 3 is 1.21 bits per heavy atom. The van der Waals surface area contributed by atoms with Crippen LogP contribution in [0.2, 0.25) is 0 Å². The van der Waals surface area contributed by atoms with Gasteiger partial charge >= 0.3 is 17.9 Å². The van der Waals surface area contributed by atoms with E-state index in [-0.39, 0.29) is 32.2 Å². The fourth-order valence-corrected chi connectivity index (χ4v) is 1.61. The van der Waals surface area contributed by atoms with E-state index in [1.807, 2.05) is 7.05 Å². The summed E-state index contributed by atoms with van der Waals surface area (Å²) >= 11 is 0. The van der Waals surface area contributed by atoms with Crippen LogP contribution in [0.4, 0.5) is 0 Å². The average Bonchev–Trinajstić information content (AvgIpc) is 2.54. The molecular formula is C16H24ClNO6. The molecule has 0 aliphatic rings. The van der Waals surface area contributed by atoms with Crippen molar-refractivity contribution < 1.29 is 45.5 Å². The molecule has 0 heterocycles. The molecule has 24 heavy (non-hydrogen) atoms. The van der Waals surface area contributed by atoms with E-state index < -0.39 is 17.9 Å². The van der Waals surface area contributed by atoms with Crippen LogP contribution < -0.4 is 12.4 Å². The van der Waals surface area contributed by atoms with Crippen LogP contribution in [0.25, 0.3) is 0 Å². The van der Waals surface area contributed by atoms with Gasteiger partial charge in [-0.25, -0.2) is 14.4 Å². The predicted molar refractivity (Wildman–Crippen MR) is 84.3 cm³/mol. The molecule has 0 aromatic carbocycles. The van der Waals surface area contributed by atoms with E-state index in [0.717, 1.165) is 18.2 Å². The van der Waals surface area contributed by atoms with Gasteiger partial charge in [0, 0.05) is 18.2 Å². The third-order valence-electron chi connectivity index (χ3n) is 3.13. The van der Waals surface area contributed by atoms with Crippen molar-refractivity contribution in [3.63, 3.8) is 0 Å². The quantitative estimate of drug-likeness (QED) is 0.167. The first-order chi connectivity index (χ1) is 10.9. The Morgan fingerprint density at radius 2 is 1.00 bits per heavy atom. The molecule has 0 unspecified atom stereocenters. The van der Waals surface area contributed by atoms with Crippen molar-refractivity contribution in [1.29, 1.82) is 0 Å². The maximum absolute atomic E-state index is 11.1. The molecule has 0 atom stereocenters. The van der Waals surface area contributed by atoms with Crippen molar-refractivity contribution in [3.8, 4) is 0 Å². The van der Waals surface area contributed by atoms with Gasteiger partial charge in [0.25, 0.3) is 0 Å². The smallest absolute Gasteiger partial charge is 0.330 e. The van der Waals surface area contributed by atoms with Gasteiger partial charge in [-0.05, 0) is 0 Å². The van der Waals surface area contributed by atoms with E-state index >= 15 is 0 Å². The Bertz CT molecular complexity index is 399. The number of halogens is 1. The number of esters is 3. The summed E-state index contributed by atoms with van der Waals surface area (Å²) in [5.41, 5.74) is 0. The molecule has 0 aliphatic heterocycles. The Morgan fingerprint density at radius 1 is 0.750 bits per heavy atom. The molecule has 0 fully saturated rings. The van der Waals surface area contributed by atoms with Crippen LogP contribution >= 0.6 is 0 Å². The lowest BCUT2D eigenvalue weighted by Gasteiger charge is -2.33. The molecule has 7 nitrogen and oxygen atoms in total. The van der Waals surface area contributed by atoms with Gasteiger partial charge in [-0.2, -0.15) is 0 Å². The van der Waals surface area contributed by atoms with E-state index in [1.54, 1.807) is 0 Å². The van der Waals surface area contributed by atoms with Gasteiger partial charge < -0.3 is 31.1 Å². The van der Waals surface area contributed by atoms with Gasteiger partial charge in [-0.15, -0.1) is 0 Å². The number of ether oxygens (including phenoxy) is 3. The lowest BCUT2D eigenvalue weighted by molar-refractivity contribution is -0.910. The molecule has 0 aliphatic carbocycles. The largest absolute Gasteiger partial charge is 1.00 e. The molecule has 0 saturated heterocycles. The maximum atomic E-state index is 11.1. The van der Waals surface area contributed by atoms with Crippen molar-refractivity contribution in [3.05, 3.63) is 38.0 Å². The number of carbonyl (C=O) groups is 3. The van der Waals surface area contributed by atoms with Gasteiger partial charge in [-0.3, -0.25) is 0 Å². The zero-order chi connectivity index (χ0) is 17.7. The van der Waals surface area contributed by atoms with Gasteiger partial charge in [0.1, 0.15) is 39.5 Å². The summed E-state index contributed by atoms with van der Waals surface area (Å²) in [6, 6.07) is 0. The van der Waals surface area contributed by atoms with E-state index in [9.17, 15) is 14.4 Å². The molecule has 0 amide bonds. The zero-order valence-corrected chi connectivity index (χ0v) is 14.6. The molecule has 0 aromatic heterocycles. The zero-order valence-electron chi connectivity index (χ0n) is 13.9. The topological polar surface area (TPSA) is 78.9 Å². The van der Waals surface area contributed by atoms with Crippen molar-refractivity contribution in [2.45, 2.75) is 0 Å². The van der Waals surface area contributed by atoms with Crippen molar-refractivity contribution >= 4 is 17.9 Å². The first-order valence-corrected chi connectivity index (χ1v) is 7.08. The maximum Gasteiger partial charge on any atom is 0.330 e. The second-order valence-electron chi connectivity index (χ2n) is 4.91. The lowest BCUT2D eigenvalue weighted by atomic mass is 10.3. The van der Waals surface area contributed by atoms with E-state index in [0.29, 0.717) is 24.1 Å². The molecule has 0 rings (SSSR count). The highest BCUT2D eigenvalue weighted by atomic mass is 35.5. The van der Waals surface area contributed by atoms with Crippen LogP contribution in [0.15, 0.2) is 38.0 Å². The fraction of sp³-hybridized carbons (Fsp3) is 0.438. The molecular weight excluding hydrogens is 338 g/mol. The van der Waals surface area contributed by atoms with Crippen molar-refractivity contribution in [2.24, 2.45) is 0 Å². The van der Waals surface area contributed by atoms with E-state index in [1.165, 1.54) is 0 Å². The molecule has 0 spiro atoms. The number of likely N-dealkylation sites (N-methyl/N-ethyl adjacent to an activating group) is 1. The van der Waals surface area contributed by atoms with Crippen LogP contribution in [0.1, 0.15) is 0 Å². The van der Waals surface area contributed by atoms with Gasteiger partial charge in [0.2, 0.25) is 0 Å². The summed E-state index contributed by atoms with van der Waals surface area (Å²) < 4.78 is 15.3. The molecule has 0 saturated carbocycles. The van der Waals surface area contributed by atoms with Crippen LogP contribution in [0.3, 0.4) is 0 Å². The number of hydrogen-bond acceptors (Lipinski definition) is 6. The molecule has 0 bridgehead atoms. The summed E-state index contributed by atoms with van der Waals surface area (Å²) in [7, 11) is 1.88. The fourth-order valence-electron chi connectivity index (χ4n) is 1.61. The Labute approximate surface area is 148 Å². The van der Waals surface area contributed by atoms with Crippen molar-refractivity contribution in [1.82, 2.24) is 0 Å². The van der Waals surface area contributed by atoms with E-state index in [2.05, 4.69) is 19.7 Å². The first kappa shape index (κ1) is 24.1. The standard InChI is InChI=1S/C16H24NO6.ClH/c1-5-14(18)21-11-8-17(4,9-12-22-15(19)6-2)10-13-23-16(20)7-3;/h5-7H,1-3,8-13H2,4H3;1H/q+1;/p-1. The SMILES string of the molecule is C=CC(=O)OCC[N+](C)(CCOC(=O)C=C)CCOC(=O)C=C.[Cl-]. The third kappa shape index (κ3) is 11.4. The highest BCUT2D eigenvalue weighted by molar-refractivity contribution is 5.81. The Kier molecular flexibility index (Phi) is 13.4. The summed E-state index contributed by atoms with van der Waals surface area (Å²) in [6.45, 7) is 11.9. The van der Waals surface area contributed by atoms with E-state index in [4.69, 9.17) is 14.2 Å². The molecule has 0 N–H and O–H groups in total. The predicted octanol–water partition coefficient (Wildman–Crippen LogP) is -2.38. The molecule has 0 radical (unpaired) electrons. The summed E-state index contributed by atoms with van der Waals surface area (Å²) in [5.74, 6) is -1.52. The van der Waals surface area contributed by atoms with Crippen molar-refractivity contribution in [2.75, 3.05) is 46.5 Å². The minimum atomic E-state index is -0.507. The number of carbonyl (C=O) groups excluding carboxylic acids is 3. The van der Waals surface area contributed by atoms with Gasteiger partial charge in [-0.1, -0.05) is 19.7 Å². The number of hydrogen-bond donors (Lipinski definition) is 0. The van der Waals surface area contributed by atoms with Crippen LogP contribution in [0, 0.1) is 0 Å². The average molecular weight is 362 g/mol. The number of quaternary nitrogens is 1. The monoisotopic (exact) mass is 361 g/mol. The highest BCUT2D eigenvalue weighted by Crippen LogP contribution is 2.03. The summed E-state index contributed by atoms with van der Waals surface area (Å²) in [6.07, 6.45) is 3.26. The summed E-state index contributed by atoms with van der Waals surface area (Å²) in [4.78, 5) is 33.2. The normalized spacial score (nSPS) is 9.88. The second-order valence-corrected chi connectivity index (χ2v) is 4.91. The van der Waals surface area contributed by atoms with Crippen LogP contribution in [0.5, 0.6) is 0 Å².